The highest BCUT2D eigenvalue weighted by molar-refractivity contribution is 5.97. The second-order valence-corrected chi connectivity index (χ2v) is 3.19. The Balaban J connectivity index is 4.76. The quantitative estimate of drug-likeness (QED) is 0.649. The first kappa shape index (κ1) is 13.6. The molecular formula is C9H16N2O4. The number of hydrogen-bond acceptors (Lipinski definition) is 4. The molecule has 0 unspecified atom stereocenters. The fourth-order valence-corrected chi connectivity index (χ4v) is 1.33. The van der Waals surface area contributed by atoms with E-state index in [1.165, 1.54) is 13.8 Å². The number of rotatable bonds is 5. The minimum atomic E-state index is -1.19. The number of carbonyl (C=O) groups is 3. The molecule has 15 heavy (non-hydrogen) atoms. The Bertz CT molecular complexity index is 251. The maximum atomic E-state index is 11.1. The molecule has 0 aromatic rings. The van der Waals surface area contributed by atoms with Crippen LogP contribution in [-0.2, 0) is 14.4 Å². The zero-order valence-corrected chi connectivity index (χ0v) is 8.90. The molecular weight excluding hydrogens is 200 g/mol. The summed E-state index contributed by atoms with van der Waals surface area (Å²) in [6.45, 7) is 2.66. The van der Waals surface area contributed by atoms with Crippen molar-refractivity contribution in [2.24, 2.45) is 5.73 Å². The molecule has 0 radical (unpaired) electrons. The molecule has 86 valence electrons. The van der Waals surface area contributed by atoms with Crippen molar-refractivity contribution >= 4 is 17.8 Å². The number of carboxylic acid groups (broad SMARTS) is 1. The summed E-state index contributed by atoms with van der Waals surface area (Å²) in [6.07, 6.45) is 0.638. The molecule has 0 aromatic carbocycles. The van der Waals surface area contributed by atoms with Crippen molar-refractivity contribution in [2.45, 2.75) is 32.7 Å². The Morgan fingerprint density at radius 3 is 2.00 bits per heavy atom. The molecule has 0 aliphatic carbocycles. The van der Waals surface area contributed by atoms with E-state index in [-0.39, 0.29) is 6.42 Å². The van der Waals surface area contributed by atoms with Crippen molar-refractivity contribution in [3.8, 4) is 0 Å². The van der Waals surface area contributed by atoms with E-state index in [9.17, 15) is 14.4 Å². The van der Waals surface area contributed by atoms with Gasteiger partial charge in [0.15, 0.2) is 0 Å². The maximum absolute atomic E-state index is 11.1. The van der Waals surface area contributed by atoms with E-state index in [2.05, 4.69) is 0 Å². The minimum absolute atomic E-state index is 0.186. The summed E-state index contributed by atoms with van der Waals surface area (Å²) >= 11 is 0. The summed E-state index contributed by atoms with van der Waals surface area (Å²) in [5.74, 6) is -2.31. The van der Waals surface area contributed by atoms with E-state index in [0.29, 0.717) is 13.0 Å². The van der Waals surface area contributed by atoms with E-state index in [4.69, 9.17) is 10.8 Å². The molecule has 0 fully saturated rings. The minimum Gasteiger partial charge on any atom is -0.480 e. The van der Waals surface area contributed by atoms with Gasteiger partial charge in [-0.1, -0.05) is 0 Å². The van der Waals surface area contributed by atoms with Crippen molar-refractivity contribution in [3.05, 3.63) is 0 Å². The van der Waals surface area contributed by atoms with Crippen LogP contribution in [0.15, 0.2) is 0 Å². The van der Waals surface area contributed by atoms with E-state index < -0.39 is 23.8 Å². The highest BCUT2D eigenvalue weighted by Crippen LogP contribution is 2.08. The third-order valence-electron chi connectivity index (χ3n) is 1.96. The standard InChI is InChI=1S/C9H16N2O4/c1-6(12)11(7(2)13)8(9(14)15)4-3-5-10/h8H,3-5,10H2,1-2H3,(H,14,15)/t8-/m0/s1. The summed E-state index contributed by atoms with van der Waals surface area (Å²) in [7, 11) is 0. The van der Waals surface area contributed by atoms with Crippen molar-refractivity contribution in [1.82, 2.24) is 4.90 Å². The van der Waals surface area contributed by atoms with Gasteiger partial charge in [-0.05, 0) is 19.4 Å². The van der Waals surface area contributed by atoms with E-state index >= 15 is 0 Å². The number of aliphatic carboxylic acids is 1. The molecule has 6 heteroatoms. The Morgan fingerprint density at radius 1 is 1.27 bits per heavy atom. The van der Waals surface area contributed by atoms with Crippen molar-refractivity contribution < 1.29 is 19.5 Å². The van der Waals surface area contributed by atoms with Crippen molar-refractivity contribution in [3.63, 3.8) is 0 Å². The Hall–Kier alpha value is -1.43. The molecule has 0 rings (SSSR count). The lowest BCUT2D eigenvalue weighted by Gasteiger charge is -2.24. The molecule has 0 bridgehead atoms. The van der Waals surface area contributed by atoms with Gasteiger partial charge in [0.1, 0.15) is 6.04 Å². The average Bonchev–Trinajstić information content (AvgIpc) is 2.09. The van der Waals surface area contributed by atoms with E-state index in [1.54, 1.807) is 0 Å². The monoisotopic (exact) mass is 216 g/mol. The second kappa shape index (κ2) is 6.13. The van der Waals surface area contributed by atoms with Crippen molar-refractivity contribution in [2.75, 3.05) is 6.54 Å². The zero-order valence-electron chi connectivity index (χ0n) is 8.90. The van der Waals surface area contributed by atoms with Crippen LogP contribution in [-0.4, -0.2) is 40.4 Å². The number of nitrogens with zero attached hydrogens (tertiary/aromatic N) is 1. The van der Waals surface area contributed by atoms with Gasteiger partial charge in [-0.25, -0.2) is 4.79 Å². The Kier molecular flexibility index (Phi) is 5.54. The lowest BCUT2D eigenvalue weighted by Crippen LogP contribution is -2.47. The smallest absolute Gasteiger partial charge is 0.326 e. The third-order valence-corrected chi connectivity index (χ3v) is 1.96. The van der Waals surface area contributed by atoms with Crippen LogP contribution in [0.2, 0.25) is 0 Å². The Morgan fingerprint density at radius 2 is 1.73 bits per heavy atom. The highest BCUT2D eigenvalue weighted by atomic mass is 16.4. The summed E-state index contributed by atoms with van der Waals surface area (Å²) in [4.78, 5) is 33.8. The van der Waals surface area contributed by atoms with Crippen LogP contribution in [0.5, 0.6) is 0 Å². The summed E-state index contributed by atoms with van der Waals surface area (Å²) in [5, 5.41) is 8.88. The van der Waals surface area contributed by atoms with Gasteiger partial charge in [0.2, 0.25) is 11.8 Å². The van der Waals surface area contributed by atoms with E-state index in [1.807, 2.05) is 0 Å². The van der Waals surface area contributed by atoms with Crippen LogP contribution in [0.3, 0.4) is 0 Å². The molecule has 0 heterocycles. The van der Waals surface area contributed by atoms with Gasteiger partial charge in [0, 0.05) is 13.8 Å². The van der Waals surface area contributed by atoms with Crippen molar-refractivity contribution in [1.29, 1.82) is 0 Å². The molecule has 0 aromatic heterocycles. The predicted octanol–water partition coefficient (Wildman–Crippen LogP) is -0.426. The molecule has 0 spiro atoms. The second-order valence-electron chi connectivity index (χ2n) is 3.19. The fourth-order valence-electron chi connectivity index (χ4n) is 1.33. The van der Waals surface area contributed by atoms with Gasteiger partial charge < -0.3 is 10.8 Å². The largest absolute Gasteiger partial charge is 0.480 e. The molecule has 0 aliphatic rings. The van der Waals surface area contributed by atoms with Crippen LogP contribution in [0.1, 0.15) is 26.7 Å². The van der Waals surface area contributed by atoms with Crippen LogP contribution in [0, 0.1) is 0 Å². The summed E-state index contributed by atoms with van der Waals surface area (Å²) in [5.41, 5.74) is 5.25. The number of hydrogen-bond donors (Lipinski definition) is 2. The average molecular weight is 216 g/mol. The van der Waals surface area contributed by atoms with Gasteiger partial charge >= 0.3 is 5.97 Å². The predicted molar refractivity (Wildman–Crippen MR) is 52.9 cm³/mol. The van der Waals surface area contributed by atoms with Gasteiger partial charge in [-0.15, -0.1) is 0 Å². The molecule has 1 atom stereocenters. The lowest BCUT2D eigenvalue weighted by atomic mass is 10.1. The molecule has 0 aliphatic heterocycles. The van der Waals surface area contributed by atoms with Crippen LogP contribution in [0.4, 0.5) is 0 Å². The number of imide groups is 1. The van der Waals surface area contributed by atoms with Gasteiger partial charge in [-0.3, -0.25) is 14.5 Å². The van der Waals surface area contributed by atoms with Crippen LogP contribution >= 0.6 is 0 Å². The maximum Gasteiger partial charge on any atom is 0.326 e. The number of nitrogens with two attached hydrogens (primary N) is 1. The molecule has 0 saturated heterocycles. The fraction of sp³-hybridized carbons (Fsp3) is 0.667. The number of carboxylic acids is 1. The van der Waals surface area contributed by atoms with Gasteiger partial charge in [0.25, 0.3) is 0 Å². The molecule has 2 amide bonds. The highest BCUT2D eigenvalue weighted by Gasteiger charge is 2.29. The van der Waals surface area contributed by atoms with Gasteiger partial charge in [0.05, 0.1) is 0 Å². The third kappa shape index (κ3) is 4.07. The number of amides is 2. The van der Waals surface area contributed by atoms with Crippen LogP contribution < -0.4 is 5.73 Å². The normalized spacial score (nSPS) is 11.9. The van der Waals surface area contributed by atoms with Gasteiger partial charge in [-0.2, -0.15) is 0 Å². The number of carbonyl (C=O) groups excluding carboxylic acids is 2. The summed E-state index contributed by atoms with van der Waals surface area (Å²) in [6, 6.07) is -1.11. The SMILES string of the molecule is CC(=O)N(C(C)=O)[C@@H](CCCN)C(=O)O. The van der Waals surface area contributed by atoms with Crippen LogP contribution in [0.25, 0.3) is 0 Å². The zero-order chi connectivity index (χ0) is 12.0. The topological polar surface area (TPSA) is 101 Å². The first-order chi connectivity index (χ1) is 6.91. The molecule has 3 N–H and O–H groups in total. The lowest BCUT2D eigenvalue weighted by molar-refractivity contribution is -0.156. The first-order valence-corrected chi connectivity index (χ1v) is 4.65. The van der Waals surface area contributed by atoms with E-state index in [0.717, 1.165) is 4.90 Å². The Labute approximate surface area is 88.0 Å². The first-order valence-electron chi connectivity index (χ1n) is 4.65. The molecule has 6 nitrogen and oxygen atoms in total. The summed E-state index contributed by atoms with van der Waals surface area (Å²) < 4.78 is 0. The molecule has 0 saturated carbocycles.